The van der Waals surface area contributed by atoms with Gasteiger partial charge in [-0.2, -0.15) is 0 Å². The molecule has 0 spiro atoms. The lowest BCUT2D eigenvalue weighted by Gasteiger charge is -2.18. The highest BCUT2D eigenvalue weighted by molar-refractivity contribution is 9.10. The van der Waals surface area contributed by atoms with E-state index in [2.05, 4.69) is 26.6 Å². The topological polar surface area (TPSA) is 24.1 Å². The SMILES string of the molecule is C[C@@H](NC(=S)Nc1ccc(F)cc1)c1ccccc1Br. The van der Waals surface area contributed by atoms with Crippen LogP contribution in [0.2, 0.25) is 0 Å². The van der Waals surface area contributed by atoms with Gasteiger partial charge in [0.25, 0.3) is 0 Å². The molecule has 0 fully saturated rings. The molecule has 0 aliphatic rings. The summed E-state index contributed by atoms with van der Waals surface area (Å²) < 4.78 is 13.9. The van der Waals surface area contributed by atoms with E-state index >= 15 is 0 Å². The van der Waals surface area contributed by atoms with Crippen molar-refractivity contribution in [3.05, 3.63) is 64.4 Å². The van der Waals surface area contributed by atoms with Crippen molar-refractivity contribution in [1.82, 2.24) is 5.32 Å². The number of benzene rings is 2. The zero-order valence-electron chi connectivity index (χ0n) is 10.9. The number of thiocarbonyl (C=S) groups is 1. The quantitative estimate of drug-likeness (QED) is 0.787. The second-order valence-electron chi connectivity index (χ2n) is 4.35. The monoisotopic (exact) mass is 352 g/mol. The van der Waals surface area contributed by atoms with Crippen molar-refractivity contribution in [3.63, 3.8) is 0 Å². The molecule has 0 bridgehead atoms. The van der Waals surface area contributed by atoms with E-state index in [1.54, 1.807) is 12.1 Å². The Morgan fingerprint density at radius 3 is 2.45 bits per heavy atom. The molecule has 2 nitrogen and oxygen atoms in total. The molecule has 0 unspecified atom stereocenters. The van der Waals surface area contributed by atoms with Crippen LogP contribution in [0, 0.1) is 5.82 Å². The molecule has 0 radical (unpaired) electrons. The van der Waals surface area contributed by atoms with E-state index in [4.69, 9.17) is 12.2 Å². The average Bonchev–Trinajstić information content (AvgIpc) is 2.41. The minimum atomic E-state index is -0.268. The van der Waals surface area contributed by atoms with Gasteiger partial charge in [0.15, 0.2) is 5.11 Å². The molecule has 0 saturated carbocycles. The van der Waals surface area contributed by atoms with Gasteiger partial charge in [0.1, 0.15) is 5.82 Å². The van der Waals surface area contributed by atoms with Crippen molar-refractivity contribution in [2.24, 2.45) is 0 Å². The van der Waals surface area contributed by atoms with Crippen LogP contribution in [0.4, 0.5) is 10.1 Å². The summed E-state index contributed by atoms with van der Waals surface area (Å²) in [6.07, 6.45) is 0. The molecule has 104 valence electrons. The van der Waals surface area contributed by atoms with Crippen molar-refractivity contribution >= 4 is 38.9 Å². The fourth-order valence-electron chi connectivity index (χ4n) is 1.80. The third-order valence-electron chi connectivity index (χ3n) is 2.82. The molecule has 20 heavy (non-hydrogen) atoms. The minimum absolute atomic E-state index is 0.0611. The van der Waals surface area contributed by atoms with Gasteiger partial charge in [-0.3, -0.25) is 0 Å². The van der Waals surface area contributed by atoms with Gasteiger partial charge in [-0.1, -0.05) is 34.1 Å². The van der Waals surface area contributed by atoms with Crippen LogP contribution in [0.5, 0.6) is 0 Å². The number of halogens is 2. The van der Waals surface area contributed by atoms with Crippen LogP contribution in [0.15, 0.2) is 53.0 Å². The molecule has 2 rings (SSSR count). The lowest BCUT2D eigenvalue weighted by atomic mass is 10.1. The summed E-state index contributed by atoms with van der Waals surface area (Å²) in [5, 5.41) is 6.72. The van der Waals surface area contributed by atoms with Gasteiger partial charge in [-0.05, 0) is 55.0 Å². The predicted octanol–water partition coefficient (Wildman–Crippen LogP) is 4.64. The molecular weight excluding hydrogens is 339 g/mol. The molecule has 0 aromatic heterocycles. The summed E-state index contributed by atoms with van der Waals surface area (Å²) in [5.41, 5.74) is 1.87. The largest absolute Gasteiger partial charge is 0.356 e. The highest BCUT2D eigenvalue weighted by atomic mass is 79.9. The maximum Gasteiger partial charge on any atom is 0.171 e. The maximum absolute atomic E-state index is 12.8. The van der Waals surface area contributed by atoms with E-state index in [0.29, 0.717) is 5.11 Å². The standard InChI is InChI=1S/C15H14BrFN2S/c1-10(13-4-2-3-5-14(13)16)18-15(20)19-12-8-6-11(17)7-9-12/h2-10H,1H3,(H2,18,19,20)/t10-/m1/s1. The average molecular weight is 353 g/mol. The Morgan fingerprint density at radius 2 is 1.80 bits per heavy atom. The first-order chi connectivity index (χ1) is 9.56. The Labute approximate surface area is 131 Å². The Morgan fingerprint density at radius 1 is 1.15 bits per heavy atom. The number of hydrogen-bond donors (Lipinski definition) is 2. The fourth-order valence-corrected chi connectivity index (χ4v) is 2.72. The number of hydrogen-bond acceptors (Lipinski definition) is 1. The van der Waals surface area contributed by atoms with Crippen LogP contribution in [0.25, 0.3) is 0 Å². The summed E-state index contributed by atoms with van der Waals surface area (Å²) >= 11 is 8.77. The number of anilines is 1. The van der Waals surface area contributed by atoms with Crippen molar-refractivity contribution in [3.8, 4) is 0 Å². The molecule has 0 amide bonds. The van der Waals surface area contributed by atoms with E-state index in [1.165, 1.54) is 12.1 Å². The number of nitrogens with one attached hydrogen (secondary N) is 2. The van der Waals surface area contributed by atoms with Crippen molar-refractivity contribution < 1.29 is 4.39 Å². The van der Waals surface area contributed by atoms with E-state index in [0.717, 1.165) is 15.7 Å². The van der Waals surface area contributed by atoms with Crippen LogP contribution < -0.4 is 10.6 Å². The van der Waals surface area contributed by atoms with Crippen LogP contribution in [-0.4, -0.2) is 5.11 Å². The fraction of sp³-hybridized carbons (Fsp3) is 0.133. The van der Waals surface area contributed by atoms with Gasteiger partial charge < -0.3 is 10.6 Å². The molecule has 2 aromatic carbocycles. The molecule has 0 aliphatic heterocycles. The molecule has 0 heterocycles. The van der Waals surface area contributed by atoms with Gasteiger partial charge in [-0.25, -0.2) is 4.39 Å². The van der Waals surface area contributed by atoms with Gasteiger partial charge in [0, 0.05) is 10.2 Å². The van der Waals surface area contributed by atoms with E-state index in [9.17, 15) is 4.39 Å². The van der Waals surface area contributed by atoms with Crippen LogP contribution >= 0.6 is 28.1 Å². The zero-order valence-corrected chi connectivity index (χ0v) is 13.3. The Hall–Kier alpha value is -1.46. The van der Waals surface area contributed by atoms with E-state index in [1.807, 2.05) is 31.2 Å². The lowest BCUT2D eigenvalue weighted by Crippen LogP contribution is -2.31. The van der Waals surface area contributed by atoms with E-state index < -0.39 is 0 Å². The van der Waals surface area contributed by atoms with Gasteiger partial charge in [0.05, 0.1) is 6.04 Å². The molecule has 2 aromatic rings. The first kappa shape index (κ1) is 14.9. The first-order valence-electron chi connectivity index (χ1n) is 6.14. The summed E-state index contributed by atoms with van der Waals surface area (Å²) in [5.74, 6) is -0.268. The highest BCUT2D eigenvalue weighted by Gasteiger charge is 2.09. The molecule has 5 heteroatoms. The van der Waals surface area contributed by atoms with Gasteiger partial charge in [0.2, 0.25) is 0 Å². The van der Waals surface area contributed by atoms with Crippen LogP contribution in [0.1, 0.15) is 18.5 Å². The van der Waals surface area contributed by atoms with Crippen LogP contribution in [-0.2, 0) is 0 Å². The van der Waals surface area contributed by atoms with Crippen molar-refractivity contribution in [1.29, 1.82) is 0 Å². The van der Waals surface area contributed by atoms with Gasteiger partial charge >= 0.3 is 0 Å². The summed E-state index contributed by atoms with van der Waals surface area (Å²) in [6, 6.07) is 14.1. The predicted molar refractivity (Wildman–Crippen MR) is 88.3 cm³/mol. The Balaban J connectivity index is 1.98. The summed E-state index contributed by atoms with van der Waals surface area (Å²) in [6.45, 7) is 2.03. The second kappa shape index (κ2) is 6.81. The Bertz CT molecular complexity index is 601. The number of rotatable bonds is 3. The normalized spacial score (nSPS) is 11.8. The van der Waals surface area contributed by atoms with Crippen molar-refractivity contribution in [2.45, 2.75) is 13.0 Å². The molecule has 1 atom stereocenters. The third-order valence-corrected chi connectivity index (χ3v) is 3.76. The molecule has 2 N–H and O–H groups in total. The lowest BCUT2D eigenvalue weighted by molar-refractivity contribution is 0.628. The molecular formula is C15H14BrFN2S. The zero-order chi connectivity index (χ0) is 14.5. The first-order valence-corrected chi connectivity index (χ1v) is 7.34. The third kappa shape index (κ3) is 4.02. The summed E-state index contributed by atoms with van der Waals surface area (Å²) in [4.78, 5) is 0. The smallest absolute Gasteiger partial charge is 0.171 e. The Kier molecular flexibility index (Phi) is 5.09. The van der Waals surface area contributed by atoms with Crippen LogP contribution in [0.3, 0.4) is 0 Å². The maximum atomic E-state index is 12.8. The minimum Gasteiger partial charge on any atom is -0.356 e. The second-order valence-corrected chi connectivity index (χ2v) is 5.61. The molecule has 0 saturated heterocycles. The molecule has 0 aliphatic carbocycles. The van der Waals surface area contributed by atoms with E-state index in [-0.39, 0.29) is 11.9 Å². The summed E-state index contributed by atoms with van der Waals surface area (Å²) in [7, 11) is 0. The van der Waals surface area contributed by atoms with Crippen molar-refractivity contribution in [2.75, 3.05) is 5.32 Å². The highest BCUT2D eigenvalue weighted by Crippen LogP contribution is 2.22. The van der Waals surface area contributed by atoms with Gasteiger partial charge in [-0.15, -0.1) is 0 Å².